The molecule has 0 saturated carbocycles. The third kappa shape index (κ3) is 2.19. The Balaban J connectivity index is 2.70. The van der Waals surface area contributed by atoms with E-state index in [1.165, 1.54) is 10.9 Å². The minimum absolute atomic E-state index is 0.672. The number of pyridine rings is 1. The lowest BCUT2D eigenvalue weighted by Gasteiger charge is -2.07. The Morgan fingerprint density at radius 3 is 2.87 bits per heavy atom. The topological polar surface area (TPSA) is 38.9 Å². The monoisotopic (exact) mass is 264 g/mol. The lowest BCUT2D eigenvalue weighted by atomic mass is 10.1. The number of nitrogens with two attached hydrogens (primary N) is 1. The molecule has 0 spiro atoms. The molecule has 0 aliphatic heterocycles. The summed E-state index contributed by atoms with van der Waals surface area (Å²) < 4.78 is 1.08. The Morgan fingerprint density at radius 1 is 1.33 bits per heavy atom. The van der Waals surface area contributed by atoms with Gasteiger partial charge in [0.15, 0.2) is 0 Å². The summed E-state index contributed by atoms with van der Waals surface area (Å²) in [4.78, 5) is 4.50. The fourth-order valence-electron chi connectivity index (χ4n) is 1.78. The largest absolute Gasteiger partial charge is 0.330 e. The SMILES string of the molecule is Cc1cc(CCN)c2cc(Br)ccc2n1. The third-order valence-electron chi connectivity index (χ3n) is 2.40. The van der Waals surface area contributed by atoms with Crippen molar-refractivity contribution in [2.75, 3.05) is 6.54 Å². The van der Waals surface area contributed by atoms with E-state index in [1.54, 1.807) is 0 Å². The molecule has 1 aromatic heterocycles. The highest BCUT2D eigenvalue weighted by atomic mass is 79.9. The van der Waals surface area contributed by atoms with Crippen LogP contribution in [0.25, 0.3) is 10.9 Å². The van der Waals surface area contributed by atoms with Gasteiger partial charge in [0.05, 0.1) is 5.52 Å². The fourth-order valence-corrected chi connectivity index (χ4v) is 2.14. The van der Waals surface area contributed by atoms with E-state index < -0.39 is 0 Å². The molecule has 0 unspecified atom stereocenters. The van der Waals surface area contributed by atoms with Crippen molar-refractivity contribution in [1.82, 2.24) is 4.98 Å². The van der Waals surface area contributed by atoms with Gasteiger partial charge in [-0.2, -0.15) is 0 Å². The first-order chi connectivity index (χ1) is 7.20. The van der Waals surface area contributed by atoms with E-state index in [0.29, 0.717) is 6.54 Å². The summed E-state index contributed by atoms with van der Waals surface area (Å²) in [6, 6.07) is 8.27. The summed E-state index contributed by atoms with van der Waals surface area (Å²) in [5.74, 6) is 0. The molecular weight excluding hydrogens is 252 g/mol. The van der Waals surface area contributed by atoms with E-state index in [1.807, 2.05) is 19.1 Å². The number of hydrogen-bond donors (Lipinski definition) is 1. The highest BCUT2D eigenvalue weighted by Gasteiger charge is 2.03. The van der Waals surface area contributed by atoms with Crippen molar-refractivity contribution in [1.29, 1.82) is 0 Å². The van der Waals surface area contributed by atoms with Gasteiger partial charge in [-0.3, -0.25) is 4.98 Å². The predicted molar refractivity (Wildman–Crippen MR) is 66.9 cm³/mol. The number of hydrogen-bond acceptors (Lipinski definition) is 2. The second kappa shape index (κ2) is 4.29. The summed E-state index contributed by atoms with van der Waals surface area (Å²) in [5.41, 5.74) is 8.98. The lowest BCUT2D eigenvalue weighted by molar-refractivity contribution is 0.971. The zero-order chi connectivity index (χ0) is 10.8. The van der Waals surface area contributed by atoms with Gasteiger partial charge in [0.25, 0.3) is 0 Å². The zero-order valence-corrected chi connectivity index (χ0v) is 10.2. The standard InChI is InChI=1S/C12H13BrN2/c1-8-6-9(4-5-14)11-7-10(13)2-3-12(11)15-8/h2-3,6-7H,4-5,14H2,1H3. The van der Waals surface area contributed by atoms with Gasteiger partial charge in [-0.1, -0.05) is 15.9 Å². The van der Waals surface area contributed by atoms with Gasteiger partial charge >= 0.3 is 0 Å². The average Bonchev–Trinajstić information content (AvgIpc) is 2.19. The normalized spacial score (nSPS) is 10.9. The lowest BCUT2D eigenvalue weighted by Crippen LogP contribution is -2.04. The highest BCUT2D eigenvalue weighted by Crippen LogP contribution is 2.22. The van der Waals surface area contributed by atoms with E-state index >= 15 is 0 Å². The van der Waals surface area contributed by atoms with Crippen LogP contribution in [0.2, 0.25) is 0 Å². The Morgan fingerprint density at radius 2 is 2.13 bits per heavy atom. The van der Waals surface area contributed by atoms with Crippen molar-refractivity contribution in [3.05, 3.63) is 40.0 Å². The number of nitrogens with zero attached hydrogens (tertiary/aromatic N) is 1. The minimum Gasteiger partial charge on any atom is -0.330 e. The molecule has 0 bridgehead atoms. The van der Waals surface area contributed by atoms with Crippen LogP contribution in [0, 0.1) is 6.92 Å². The molecule has 78 valence electrons. The maximum Gasteiger partial charge on any atom is 0.0708 e. The molecule has 2 rings (SSSR count). The molecule has 0 saturated heterocycles. The van der Waals surface area contributed by atoms with Crippen LogP contribution >= 0.6 is 15.9 Å². The first kappa shape index (κ1) is 10.6. The molecular formula is C12H13BrN2. The maximum absolute atomic E-state index is 5.61. The molecule has 0 aliphatic carbocycles. The van der Waals surface area contributed by atoms with Crippen molar-refractivity contribution < 1.29 is 0 Å². The van der Waals surface area contributed by atoms with Crippen LogP contribution in [0.3, 0.4) is 0 Å². The first-order valence-electron chi connectivity index (χ1n) is 4.96. The summed E-state index contributed by atoms with van der Waals surface area (Å²) in [5, 5.41) is 1.19. The van der Waals surface area contributed by atoms with Gasteiger partial charge in [-0.15, -0.1) is 0 Å². The predicted octanol–water partition coefficient (Wildman–Crippen LogP) is 2.81. The van der Waals surface area contributed by atoms with Gasteiger partial charge in [-0.25, -0.2) is 0 Å². The number of fused-ring (bicyclic) bond motifs is 1. The second-order valence-corrected chi connectivity index (χ2v) is 4.54. The van der Waals surface area contributed by atoms with Crippen LogP contribution < -0.4 is 5.73 Å². The van der Waals surface area contributed by atoms with Gasteiger partial charge in [0.2, 0.25) is 0 Å². The molecule has 0 atom stereocenters. The molecule has 0 aliphatic rings. The Hall–Kier alpha value is -0.930. The van der Waals surface area contributed by atoms with Crippen LogP contribution in [0.1, 0.15) is 11.3 Å². The van der Waals surface area contributed by atoms with Gasteiger partial charge < -0.3 is 5.73 Å². The van der Waals surface area contributed by atoms with Gasteiger partial charge in [-0.05, 0) is 49.7 Å². The molecule has 1 heterocycles. The number of rotatable bonds is 2. The second-order valence-electron chi connectivity index (χ2n) is 3.62. The number of aromatic nitrogens is 1. The van der Waals surface area contributed by atoms with E-state index in [2.05, 4.69) is 33.0 Å². The van der Waals surface area contributed by atoms with E-state index in [4.69, 9.17) is 5.73 Å². The van der Waals surface area contributed by atoms with Crippen LogP contribution in [0.5, 0.6) is 0 Å². The third-order valence-corrected chi connectivity index (χ3v) is 2.89. The first-order valence-corrected chi connectivity index (χ1v) is 5.76. The molecule has 15 heavy (non-hydrogen) atoms. The van der Waals surface area contributed by atoms with Crippen molar-refractivity contribution in [2.45, 2.75) is 13.3 Å². The quantitative estimate of drug-likeness (QED) is 0.906. The molecule has 2 nitrogen and oxygen atoms in total. The van der Waals surface area contributed by atoms with E-state index in [0.717, 1.165) is 22.1 Å². The maximum atomic E-state index is 5.61. The smallest absolute Gasteiger partial charge is 0.0708 e. The number of benzene rings is 1. The summed E-state index contributed by atoms with van der Waals surface area (Å²) in [6.07, 6.45) is 0.899. The summed E-state index contributed by atoms with van der Waals surface area (Å²) >= 11 is 3.48. The van der Waals surface area contributed by atoms with E-state index in [-0.39, 0.29) is 0 Å². The molecule has 0 amide bonds. The van der Waals surface area contributed by atoms with Crippen LogP contribution in [-0.4, -0.2) is 11.5 Å². The highest BCUT2D eigenvalue weighted by molar-refractivity contribution is 9.10. The van der Waals surface area contributed by atoms with Crippen LogP contribution in [0.4, 0.5) is 0 Å². The number of aryl methyl sites for hydroxylation is 1. The van der Waals surface area contributed by atoms with Crippen LogP contribution in [0.15, 0.2) is 28.7 Å². The minimum atomic E-state index is 0.672. The molecule has 2 aromatic rings. The average molecular weight is 265 g/mol. The van der Waals surface area contributed by atoms with Crippen LogP contribution in [-0.2, 0) is 6.42 Å². The van der Waals surface area contributed by atoms with Crippen molar-refractivity contribution in [3.8, 4) is 0 Å². The van der Waals surface area contributed by atoms with Crippen molar-refractivity contribution in [2.24, 2.45) is 5.73 Å². The van der Waals surface area contributed by atoms with Gasteiger partial charge in [0.1, 0.15) is 0 Å². The Bertz CT molecular complexity index is 494. The molecule has 0 fully saturated rings. The molecule has 1 aromatic carbocycles. The zero-order valence-electron chi connectivity index (χ0n) is 8.63. The summed E-state index contributed by atoms with van der Waals surface area (Å²) in [6.45, 7) is 2.69. The van der Waals surface area contributed by atoms with Crippen molar-refractivity contribution >= 4 is 26.8 Å². The van der Waals surface area contributed by atoms with Gasteiger partial charge in [0, 0.05) is 15.6 Å². The number of halogens is 1. The summed E-state index contributed by atoms with van der Waals surface area (Å²) in [7, 11) is 0. The molecule has 3 heteroatoms. The van der Waals surface area contributed by atoms with E-state index in [9.17, 15) is 0 Å². The van der Waals surface area contributed by atoms with Crippen molar-refractivity contribution in [3.63, 3.8) is 0 Å². The Labute approximate surface area is 97.6 Å². The Kier molecular flexibility index (Phi) is 3.03. The fraction of sp³-hybridized carbons (Fsp3) is 0.250. The molecule has 2 N–H and O–H groups in total. The molecule has 0 radical (unpaired) electrons.